The second kappa shape index (κ2) is 8.18. The summed E-state index contributed by atoms with van der Waals surface area (Å²) in [6.45, 7) is 0. The molecule has 0 unspecified atom stereocenters. The van der Waals surface area contributed by atoms with Crippen LogP contribution in [0.3, 0.4) is 0 Å². The summed E-state index contributed by atoms with van der Waals surface area (Å²) in [5.74, 6) is -0.824. The number of methoxy groups -OCH3 is 1. The van der Waals surface area contributed by atoms with Gasteiger partial charge in [-0.1, -0.05) is 60.7 Å². The van der Waals surface area contributed by atoms with Crippen LogP contribution in [0, 0.1) is 10.1 Å². The number of allylic oxidation sites excluding steroid dienone is 1. The molecule has 0 spiro atoms. The Morgan fingerprint density at radius 3 is 2.29 bits per heavy atom. The van der Waals surface area contributed by atoms with Gasteiger partial charge < -0.3 is 9.84 Å². The second-order valence-corrected chi connectivity index (χ2v) is 5.99. The standard InChI is InChI=1S/C22H17NO5/c1-28-21-14-15(13-19(22(21)25)23(26)27)7-12-20(24)18-10-8-17(9-11-18)16-5-3-2-4-6-16/h2-14,25H,1H3. The highest BCUT2D eigenvalue weighted by Gasteiger charge is 2.19. The number of carbonyl (C=O) groups is 1. The molecule has 6 nitrogen and oxygen atoms in total. The summed E-state index contributed by atoms with van der Waals surface area (Å²) in [5.41, 5.74) is 2.44. The normalized spacial score (nSPS) is 10.8. The molecule has 3 rings (SSSR count). The van der Waals surface area contributed by atoms with E-state index in [-0.39, 0.29) is 11.5 Å². The summed E-state index contributed by atoms with van der Waals surface area (Å²) in [5, 5.41) is 20.9. The Bertz CT molecular complexity index is 1040. The van der Waals surface area contributed by atoms with Crippen LogP contribution in [0.4, 0.5) is 5.69 Å². The number of phenolic OH excluding ortho intramolecular Hbond substituents is 1. The molecule has 6 heteroatoms. The number of nitro benzene ring substituents is 1. The SMILES string of the molecule is COc1cc(C=CC(=O)c2ccc(-c3ccccc3)cc2)cc([N+](=O)[O-])c1O. The van der Waals surface area contributed by atoms with E-state index >= 15 is 0 Å². The van der Waals surface area contributed by atoms with Crippen LogP contribution in [0.2, 0.25) is 0 Å². The van der Waals surface area contributed by atoms with Crippen LogP contribution in [-0.2, 0) is 0 Å². The first-order valence-corrected chi connectivity index (χ1v) is 8.43. The van der Waals surface area contributed by atoms with Crippen LogP contribution in [-0.4, -0.2) is 22.9 Å². The molecule has 0 aromatic heterocycles. The molecule has 0 radical (unpaired) electrons. The zero-order chi connectivity index (χ0) is 20.1. The Kier molecular flexibility index (Phi) is 5.50. The van der Waals surface area contributed by atoms with Gasteiger partial charge in [0, 0.05) is 11.6 Å². The van der Waals surface area contributed by atoms with Crippen molar-refractivity contribution in [2.75, 3.05) is 7.11 Å². The van der Waals surface area contributed by atoms with Gasteiger partial charge in [-0.2, -0.15) is 0 Å². The smallest absolute Gasteiger partial charge is 0.315 e. The van der Waals surface area contributed by atoms with E-state index in [2.05, 4.69) is 0 Å². The third-order valence-corrected chi connectivity index (χ3v) is 4.20. The lowest BCUT2D eigenvalue weighted by Crippen LogP contribution is -1.95. The fraction of sp³-hybridized carbons (Fsp3) is 0.0455. The molecule has 0 fully saturated rings. The minimum Gasteiger partial charge on any atom is -0.500 e. The zero-order valence-electron chi connectivity index (χ0n) is 15.0. The molecule has 0 atom stereocenters. The predicted molar refractivity (Wildman–Crippen MR) is 107 cm³/mol. The minimum absolute atomic E-state index is 0.0338. The first-order chi connectivity index (χ1) is 13.5. The lowest BCUT2D eigenvalue weighted by molar-refractivity contribution is -0.386. The number of rotatable bonds is 6. The van der Waals surface area contributed by atoms with Gasteiger partial charge in [-0.3, -0.25) is 14.9 Å². The van der Waals surface area contributed by atoms with Crippen molar-refractivity contribution in [2.24, 2.45) is 0 Å². The molecule has 1 N–H and O–H groups in total. The molecular formula is C22H17NO5. The van der Waals surface area contributed by atoms with Crippen molar-refractivity contribution < 1.29 is 19.6 Å². The lowest BCUT2D eigenvalue weighted by atomic mass is 10.0. The van der Waals surface area contributed by atoms with Gasteiger partial charge in [0.2, 0.25) is 5.75 Å². The van der Waals surface area contributed by atoms with Gasteiger partial charge in [0.05, 0.1) is 12.0 Å². The van der Waals surface area contributed by atoms with Crippen LogP contribution in [0.1, 0.15) is 15.9 Å². The molecule has 3 aromatic rings. The van der Waals surface area contributed by atoms with Gasteiger partial charge in [-0.25, -0.2) is 0 Å². The number of benzene rings is 3. The van der Waals surface area contributed by atoms with E-state index in [9.17, 15) is 20.0 Å². The Morgan fingerprint density at radius 2 is 1.68 bits per heavy atom. The average molecular weight is 375 g/mol. The summed E-state index contributed by atoms with van der Waals surface area (Å²) in [7, 11) is 1.30. The van der Waals surface area contributed by atoms with E-state index in [1.807, 2.05) is 42.5 Å². The average Bonchev–Trinajstić information content (AvgIpc) is 2.73. The molecule has 140 valence electrons. The van der Waals surface area contributed by atoms with Gasteiger partial charge in [-0.15, -0.1) is 0 Å². The van der Waals surface area contributed by atoms with E-state index in [0.29, 0.717) is 11.1 Å². The number of ketones is 1. The molecule has 0 aliphatic rings. The first-order valence-electron chi connectivity index (χ1n) is 8.43. The van der Waals surface area contributed by atoms with Crippen LogP contribution in [0.25, 0.3) is 17.2 Å². The van der Waals surface area contributed by atoms with Crippen molar-refractivity contribution in [1.29, 1.82) is 0 Å². The number of carbonyl (C=O) groups excluding carboxylic acids is 1. The Morgan fingerprint density at radius 1 is 1.04 bits per heavy atom. The summed E-state index contributed by atoms with van der Waals surface area (Å²) < 4.78 is 4.95. The van der Waals surface area contributed by atoms with Crippen molar-refractivity contribution in [3.05, 3.63) is 94.0 Å². The number of ether oxygens (including phenoxy) is 1. The van der Waals surface area contributed by atoms with Crippen LogP contribution in [0.5, 0.6) is 11.5 Å². The molecule has 0 bridgehead atoms. The maximum absolute atomic E-state index is 12.4. The largest absolute Gasteiger partial charge is 0.500 e. The number of nitrogens with zero attached hydrogens (tertiary/aromatic N) is 1. The second-order valence-electron chi connectivity index (χ2n) is 5.99. The molecule has 0 aliphatic heterocycles. The number of phenols is 1. The fourth-order valence-corrected chi connectivity index (χ4v) is 2.73. The van der Waals surface area contributed by atoms with E-state index in [4.69, 9.17) is 4.74 Å². The van der Waals surface area contributed by atoms with E-state index in [0.717, 1.165) is 11.1 Å². The number of hydrogen-bond donors (Lipinski definition) is 1. The maximum atomic E-state index is 12.4. The van der Waals surface area contributed by atoms with Crippen LogP contribution >= 0.6 is 0 Å². The molecule has 3 aromatic carbocycles. The third kappa shape index (κ3) is 4.07. The Balaban J connectivity index is 1.82. The summed E-state index contributed by atoms with van der Waals surface area (Å²) in [6.07, 6.45) is 2.77. The van der Waals surface area contributed by atoms with E-state index in [1.165, 1.54) is 31.4 Å². The van der Waals surface area contributed by atoms with E-state index in [1.54, 1.807) is 12.1 Å². The number of hydrogen-bond acceptors (Lipinski definition) is 5. The Hall–Kier alpha value is -3.93. The lowest BCUT2D eigenvalue weighted by Gasteiger charge is -2.05. The topological polar surface area (TPSA) is 89.7 Å². The van der Waals surface area contributed by atoms with Crippen molar-refractivity contribution in [3.8, 4) is 22.6 Å². The van der Waals surface area contributed by atoms with Gasteiger partial charge >= 0.3 is 5.69 Å². The quantitative estimate of drug-likeness (QED) is 0.287. The molecule has 28 heavy (non-hydrogen) atoms. The predicted octanol–water partition coefficient (Wildman–Crippen LogP) is 4.87. The summed E-state index contributed by atoms with van der Waals surface area (Å²) >= 11 is 0. The molecule has 0 heterocycles. The minimum atomic E-state index is -0.709. The van der Waals surface area contributed by atoms with Gasteiger partial charge in [0.1, 0.15) is 0 Å². The first kappa shape index (κ1) is 18.8. The van der Waals surface area contributed by atoms with Gasteiger partial charge in [-0.05, 0) is 28.8 Å². The van der Waals surface area contributed by atoms with Crippen LogP contribution < -0.4 is 4.74 Å². The van der Waals surface area contributed by atoms with E-state index < -0.39 is 16.4 Å². The number of nitro groups is 1. The van der Waals surface area contributed by atoms with Crippen molar-refractivity contribution >= 4 is 17.5 Å². The highest BCUT2D eigenvalue weighted by atomic mass is 16.6. The highest BCUT2D eigenvalue weighted by Crippen LogP contribution is 2.37. The van der Waals surface area contributed by atoms with Crippen LogP contribution in [0.15, 0.2) is 72.8 Å². The number of aromatic hydroxyl groups is 1. The van der Waals surface area contributed by atoms with Crippen molar-refractivity contribution in [2.45, 2.75) is 0 Å². The zero-order valence-corrected chi connectivity index (χ0v) is 15.0. The highest BCUT2D eigenvalue weighted by molar-refractivity contribution is 6.07. The molecular weight excluding hydrogens is 358 g/mol. The monoisotopic (exact) mass is 375 g/mol. The van der Waals surface area contributed by atoms with Crippen molar-refractivity contribution in [1.82, 2.24) is 0 Å². The third-order valence-electron chi connectivity index (χ3n) is 4.20. The maximum Gasteiger partial charge on any atom is 0.315 e. The Labute approximate surface area is 161 Å². The van der Waals surface area contributed by atoms with Gasteiger partial charge in [0.25, 0.3) is 0 Å². The molecule has 0 saturated heterocycles. The molecule has 0 aliphatic carbocycles. The van der Waals surface area contributed by atoms with Gasteiger partial charge in [0.15, 0.2) is 11.5 Å². The van der Waals surface area contributed by atoms with Crippen molar-refractivity contribution in [3.63, 3.8) is 0 Å². The molecule has 0 saturated carbocycles. The molecule has 0 amide bonds. The summed E-state index contributed by atoms with van der Waals surface area (Å²) in [6, 6.07) is 19.6. The fourth-order valence-electron chi connectivity index (χ4n) is 2.73. The summed E-state index contributed by atoms with van der Waals surface area (Å²) in [4.78, 5) is 22.7.